The highest BCUT2D eigenvalue weighted by atomic mass is 79.9. The van der Waals surface area contributed by atoms with Crippen LogP contribution in [0.2, 0.25) is 0 Å². The van der Waals surface area contributed by atoms with Crippen molar-refractivity contribution in [3.8, 4) is 0 Å². The zero-order chi connectivity index (χ0) is 15.5. The van der Waals surface area contributed by atoms with E-state index in [-0.39, 0.29) is 0 Å². The van der Waals surface area contributed by atoms with Crippen LogP contribution in [0.5, 0.6) is 0 Å². The zero-order valence-electron chi connectivity index (χ0n) is 13.0. The molecule has 1 aliphatic heterocycles. The number of likely N-dealkylation sites (tertiary alicyclic amines) is 1. The Balaban J connectivity index is 1.64. The van der Waals surface area contributed by atoms with Gasteiger partial charge in [-0.25, -0.2) is 9.97 Å². The van der Waals surface area contributed by atoms with Gasteiger partial charge in [-0.3, -0.25) is 4.90 Å². The van der Waals surface area contributed by atoms with Crippen LogP contribution in [0.3, 0.4) is 0 Å². The van der Waals surface area contributed by atoms with Crippen molar-refractivity contribution in [2.75, 3.05) is 25.0 Å². The van der Waals surface area contributed by atoms with Gasteiger partial charge in [0.2, 0.25) is 0 Å². The lowest BCUT2D eigenvalue weighted by Gasteiger charge is -2.37. The van der Waals surface area contributed by atoms with Crippen LogP contribution in [0, 0.1) is 6.92 Å². The van der Waals surface area contributed by atoms with Crippen molar-refractivity contribution in [3.05, 3.63) is 40.7 Å². The van der Waals surface area contributed by atoms with E-state index in [2.05, 4.69) is 42.7 Å². The Morgan fingerprint density at radius 3 is 3.00 bits per heavy atom. The van der Waals surface area contributed by atoms with Gasteiger partial charge in [0, 0.05) is 31.4 Å². The Kier molecular flexibility index (Phi) is 4.78. The number of hydrogen-bond donors (Lipinski definition) is 0. The van der Waals surface area contributed by atoms with Gasteiger partial charge >= 0.3 is 0 Å². The van der Waals surface area contributed by atoms with E-state index >= 15 is 0 Å². The lowest BCUT2D eigenvalue weighted by Crippen LogP contribution is -2.46. The van der Waals surface area contributed by atoms with Gasteiger partial charge in [0.15, 0.2) is 4.67 Å². The highest BCUT2D eigenvalue weighted by molar-refractivity contribution is 9.10. The fraction of sp³-hybridized carbons (Fsp3) is 0.500. The highest BCUT2D eigenvalue weighted by Crippen LogP contribution is 2.22. The second-order valence-electron chi connectivity index (χ2n) is 5.87. The van der Waals surface area contributed by atoms with Crippen molar-refractivity contribution in [2.45, 2.75) is 32.4 Å². The molecule has 6 heteroatoms. The molecule has 1 unspecified atom stereocenters. The summed E-state index contributed by atoms with van der Waals surface area (Å²) in [6.45, 7) is 5.00. The van der Waals surface area contributed by atoms with Gasteiger partial charge < -0.3 is 9.32 Å². The molecule has 2 aromatic heterocycles. The number of anilines is 1. The van der Waals surface area contributed by atoms with Gasteiger partial charge in [0.1, 0.15) is 17.9 Å². The average Bonchev–Trinajstić information content (AvgIpc) is 2.92. The van der Waals surface area contributed by atoms with Crippen LogP contribution < -0.4 is 4.90 Å². The van der Waals surface area contributed by atoms with E-state index in [1.165, 1.54) is 12.8 Å². The van der Waals surface area contributed by atoms with E-state index in [9.17, 15) is 0 Å². The number of aryl methyl sites for hydroxylation is 1. The molecule has 0 aromatic carbocycles. The summed E-state index contributed by atoms with van der Waals surface area (Å²) in [5, 5.41) is 0. The van der Waals surface area contributed by atoms with Gasteiger partial charge in [-0.1, -0.05) is 0 Å². The first-order valence-electron chi connectivity index (χ1n) is 7.60. The molecule has 1 atom stereocenters. The third kappa shape index (κ3) is 3.67. The molecular formula is C16H21BrN4O. The lowest BCUT2D eigenvalue weighted by molar-refractivity contribution is 0.184. The van der Waals surface area contributed by atoms with Gasteiger partial charge in [0.05, 0.1) is 6.54 Å². The first-order chi connectivity index (χ1) is 10.6. The smallest absolute Gasteiger partial charge is 0.169 e. The number of nitrogens with zero attached hydrogens (tertiary/aromatic N) is 4. The van der Waals surface area contributed by atoms with Crippen molar-refractivity contribution < 1.29 is 4.42 Å². The van der Waals surface area contributed by atoms with Crippen LogP contribution in [-0.4, -0.2) is 41.0 Å². The fourth-order valence-electron chi connectivity index (χ4n) is 2.97. The third-order valence-corrected chi connectivity index (χ3v) is 4.61. The average molecular weight is 365 g/mol. The van der Waals surface area contributed by atoms with Crippen LogP contribution >= 0.6 is 15.9 Å². The van der Waals surface area contributed by atoms with E-state index in [0.717, 1.165) is 41.6 Å². The molecule has 1 saturated heterocycles. The van der Waals surface area contributed by atoms with Gasteiger partial charge in [0.25, 0.3) is 0 Å². The molecule has 0 aliphatic carbocycles. The Bertz CT molecular complexity index is 630. The van der Waals surface area contributed by atoms with Gasteiger partial charge in [-0.15, -0.1) is 0 Å². The minimum Gasteiger partial charge on any atom is -0.453 e. The largest absolute Gasteiger partial charge is 0.453 e. The van der Waals surface area contributed by atoms with Gasteiger partial charge in [-0.2, -0.15) is 0 Å². The molecule has 1 aliphatic rings. The molecule has 3 rings (SSSR count). The number of halogens is 1. The summed E-state index contributed by atoms with van der Waals surface area (Å²) in [6, 6.07) is 6.50. The first-order valence-corrected chi connectivity index (χ1v) is 8.39. The number of piperidine rings is 1. The Hall–Kier alpha value is -1.40. The molecule has 0 amide bonds. The first kappa shape index (κ1) is 15.5. The summed E-state index contributed by atoms with van der Waals surface area (Å²) in [5.41, 5.74) is 1.00. The molecule has 2 aromatic rings. The lowest BCUT2D eigenvalue weighted by atomic mass is 10.0. The number of hydrogen-bond acceptors (Lipinski definition) is 5. The molecule has 5 nitrogen and oxygen atoms in total. The normalized spacial score (nSPS) is 19.3. The molecule has 3 heterocycles. The Morgan fingerprint density at radius 1 is 1.41 bits per heavy atom. The standard InChI is InChI=1S/C16H21BrN4O/c1-12-8-16(19-11-18-12)20(2)13-4-3-7-21(9-13)10-14-5-6-15(17)22-14/h5-6,8,11,13H,3-4,7,9-10H2,1-2H3. The minimum atomic E-state index is 0.474. The molecular weight excluding hydrogens is 344 g/mol. The van der Waals surface area contributed by atoms with E-state index in [0.29, 0.717) is 6.04 Å². The van der Waals surface area contributed by atoms with Crippen molar-refractivity contribution in [2.24, 2.45) is 0 Å². The van der Waals surface area contributed by atoms with E-state index in [1.54, 1.807) is 6.33 Å². The van der Waals surface area contributed by atoms with E-state index in [4.69, 9.17) is 4.42 Å². The minimum absolute atomic E-state index is 0.474. The van der Waals surface area contributed by atoms with Crippen molar-refractivity contribution in [3.63, 3.8) is 0 Å². The molecule has 0 N–H and O–H groups in total. The summed E-state index contributed by atoms with van der Waals surface area (Å²) >= 11 is 3.36. The summed E-state index contributed by atoms with van der Waals surface area (Å²) in [7, 11) is 2.12. The van der Waals surface area contributed by atoms with Crippen molar-refractivity contribution in [1.82, 2.24) is 14.9 Å². The van der Waals surface area contributed by atoms with Crippen LogP contribution in [0.15, 0.2) is 33.6 Å². The third-order valence-electron chi connectivity index (χ3n) is 4.19. The van der Waals surface area contributed by atoms with Gasteiger partial charge in [-0.05, 0) is 54.4 Å². The quantitative estimate of drug-likeness (QED) is 0.833. The second kappa shape index (κ2) is 6.79. The van der Waals surface area contributed by atoms with Crippen LogP contribution in [0.4, 0.5) is 5.82 Å². The highest BCUT2D eigenvalue weighted by Gasteiger charge is 2.24. The molecule has 0 spiro atoms. The Morgan fingerprint density at radius 2 is 2.27 bits per heavy atom. The predicted molar refractivity (Wildman–Crippen MR) is 89.9 cm³/mol. The number of rotatable bonds is 4. The van der Waals surface area contributed by atoms with Crippen LogP contribution in [0.25, 0.3) is 0 Å². The molecule has 0 radical (unpaired) electrons. The molecule has 22 heavy (non-hydrogen) atoms. The summed E-state index contributed by atoms with van der Waals surface area (Å²) in [6.07, 6.45) is 4.03. The van der Waals surface area contributed by atoms with Crippen LogP contribution in [0.1, 0.15) is 24.3 Å². The SMILES string of the molecule is Cc1cc(N(C)C2CCCN(Cc3ccc(Br)o3)C2)ncn1. The maximum Gasteiger partial charge on any atom is 0.169 e. The molecule has 1 fully saturated rings. The zero-order valence-corrected chi connectivity index (χ0v) is 14.6. The fourth-order valence-corrected chi connectivity index (χ4v) is 3.31. The summed E-state index contributed by atoms with van der Waals surface area (Å²) in [5.74, 6) is 2.01. The molecule has 0 saturated carbocycles. The van der Waals surface area contributed by atoms with Crippen molar-refractivity contribution >= 4 is 21.7 Å². The number of likely N-dealkylation sites (N-methyl/N-ethyl adjacent to an activating group) is 1. The van der Waals surface area contributed by atoms with Crippen molar-refractivity contribution in [1.29, 1.82) is 0 Å². The summed E-state index contributed by atoms with van der Waals surface area (Å²) in [4.78, 5) is 13.3. The maximum atomic E-state index is 5.62. The number of aromatic nitrogens is 2. The second-order valence-corrected chi connectivity index (χ2v) is 6.65. The number of furan rings is 1. The maximum absolute atomic E-state index is 5.62. The Labute approximate surface area is 139 Å². The predicted octanol–water partition coefficient (Wildman–Crippen LogP) is 3.24. The van der Waals surface area contributed by atoms with E-state index < -0.39 is 0 Å². The molecule has 0 bridgehead atoms. The summed E-state index contributed by atoms with van der Waals surface area (Å²) < 4.78 is 6.42. The monoisotopic (exact) mass is 364 g/mol. The van der Waals surface area contributed by atoms with Crippen LogP contribution in [-0.2, 0) is 6.54 Å². The van der Waals surface area contributed by atoms with E-state index in [1.807, 2.05) is 25.1 Å². The topological polar surface area (TPSA) is 45.4 Å². The molecule has 118 valence electrons.